The van der Waals surface area contributed by atoms with Gasteiger partial charge in [0, 0.05) is 50.5 Å². The molecule has 25 heavy (non-hydrogen) atoms. The minimum absolute atomic E-state index is 0.0131. The van der Waals surface area contributed by atoms with Gasteiger partial charge in [-0.1, -0.05) is 11.6 Å². The summed E-state index contributed by atoms with van der Waals surface area (Å²) in [4.78, 5) is 25.5. The topological polar surface area (TPSA) is 53.7 Å². The minimum atomic E-state index is -0.0131. The third-order valence-electron chi connectivity index (χ3n) is 4.61. The Balaban J connectivity index is 1.51. The van der Waals surface area contributed by atoms with Crippen LogP contribution in [0.3, 0.4) is 0 Å². The van der Waals surface area contributed by atoms with Crippen molar-refractivity contribution in [1.82, 2.24) is 19.3 Å². The van der Waals surface area contributed by atoms with Gasteiger partial charge in [-0.15, -0.1) is 0 Å². The van der Waals surface area contributed by atoms with Crippen LogP contribution in [0.25, 0.3) is 5.65 Å². The predicted molar refractivity (Wildman–Crippen MR) is 97.3 cm³/mol. The van der Waals surface area contributed by atoms with Crippen molar-refractivity contribution in [2.45, 2.75) is 6.92 Å². The normalized spacial score (nSPS) is 15.0. The molecule has 1 fully saturated rings. The molecule has 4 heterocycles. The highest BCUT2D eigenvalue weighted by atomic mass is 35.5. The third kappa shape index (κ3) is 2.82. The maximum Gasteiger partial charge on any atom is 0.272 e. The van der Waals surface area contributed by atoms with Gasteiger partial charge in [-0.05, 0) is 30.7 Å². The molecule has 4 rings (SSSR count). The smallest absolute Gasteiger partial charge is 0.272 e. The summed E-state index contributed by atoms with van der Waals surface area (Å²) >= 11 is 6.14. The number of piperazine rings is 1. The van der Waals surface area contributed by atoms with Crippen LogP contribution in [-0.2, 0) is 0 Å². The number of rotatable bonds is 2. The molecule has 6 nitrogen and oxygen atoms in total. The number of imidazole rings is 1. The average molecular weight is 356 g/mol. The second kappa shape index (κ2) is 6.37. The molecule has 0 N–H and O–H groups in total. The van der Waals surface area contributed by atoms with Crippen molar-refractivity contribution in [3.05, 3.63) is 59.3 Å². The van der Waals surface area contributed by atoms with E-state index in [1.807, 2.05) is 35.6 Å². The monoisotopic (exact) mass is 355 g/mol. The van der Waals surface area contributed by atoms with E-state index in [0.717, 1.165) is 18.7 Å². The summed E-state index contributed by atoms with van der Waals surface area (Å²) in [6.07, 6.45) is 7.10. The first-order chi connectivity index (χ1) is 12.1. The van der Waals surface area contributed by atoms with E-state index in [0.29, 0.717) is 29.5 Å². The fourth-order valence-electron chi connectivity index (χ4n) is 3.27. The first-order valence-electron chi connectivity index (χ1n) is 8.21. The molecule has 0 aliphatic carbocycles. The van der Waals surface area contributed by atoms with Crippen molar-refractivity contribution in [2.24, 2.45) is 0 Å². The highest BCUT2D eigenvalue weighted by molar-refractivity contribution is 6.33. The third-order valence-corrected chi connectivity index (χ3v) is 4.90. The molecule has 0 unspecified atom stereocenters. The number of hydrogen-bond donors (Lipinski definition) is 0. The standard InChI is InChI=1S/C18H18ClN5O/c1-13-11-20-5-4-15(13)22-7-9-23(10-8-22)18(25)16-12-21-17-14(19)3-2-6-24(16)17/h2-6,11-12H,7-10H2,1H3. The molecule has 0 bridgehead atoms. The molecule has 128 valence electrons. The molecule has 1 aliphatic heterocycles. The zero-order chi connectivity index (χ0) is 17.4. The molecule has 0 atom stereocenters. The molecule has 3 aromatic rings. The Morgan fingerprint density at radius 3 is 2.72 bits per heavy atom. The van der Waals surface area contributed by atoms with E-state index < -0.39 is 0 Å². The van der Waals surface area contributed by atoms with Crippen molar-refractivity contribution < 1.29 is 4.79 Å². The molecule has 1 amide bonds. The number of pyridine rings is 2. The number of aromatic nitrogens is 3. The van der Waals surface area contributed by atoms with Gasteiger partial charge in [-0.2, -0.15) is 0 Å². The zero-order valence-corrected chi connectivity index (χ0v) is 14.6. The van der Waals surface area contributed by atoms with Crippen LogP contribution in [0.15, 0.2) is 43.0 Å². The summed E-state index contributed by atoms with van der Waals surface area (Å²) in [6.45, 7) is 5.01. The van der Waals surface area contributed by atoms with Crippen LogP contribution < -0.4 is 4.90 Å². The van der Waals surface area contributed by atoms with Crippen molar-refractivity contribution in [2.75, 3.05) is 31.1 Å². The van der Waals surface area contributed by atoms with Crippen molar-refractivity contribution in [3.8, 4) is 0 Å². The first-order valence-corrected chi connectivity index (χ1v) is 8.59. The number of carbonyl (C=O) groups excluding carboxylic acids is 1. The molecule has 0 aromatic carbocycles. The number of anilines is 1. The minimum Gasteiger partial charge on any atom is -0.368 e. The van der Waals surface area contributed by atoms with Gasteiger partial charge in [0.2, 0.25) is 0 Å². The second-order valence-electron chi connectivity index (χ2n) is 6.13. The van der Waals surface area contributed by atoms with Crippen molar-refractivity contribution in [3.63, 3.8) is 0 Å². The number of fused-ring (bicyclic) bond motifs is 1. The van der Waals surface area contributed by atoms with Gasteiger partial charge in [0.05, 0.1) is 11.2 Å². The molecule has 1 saturated heterocycles. The first kappa shape index (κ1) is 15.9. The van der Waals surface area contributed by atoms with Gasteiger partial charge in [0.1, 0.15) is 5.69 Å². The van der Waals surface area contributed by atoms with Gasteiger partial charge < -0.3 is 9.80 Å². The SMILES string of the molecule is Cc1cnccc1N1CCN(C(=O)c2cnc3c(Cl)cccn23)CC1. The molecule has 1 aliphatic rings. The lowest BCUT2D eigenvalue weighted by Crippen LogP contribution is -2.49. The number of nitrogens with zero attached hydrogens (tertiary/aromatic N) is 5. The van der Waals surface area contributed by atoms with Gasteiger partial charge in [-0.25, -0.2) is 4.98 Å². The van der Waals surface area contributed by atoms with Gasteiger partial charge in [-0.3, -0.25) is 14.2 Å². The van der Waals surface area contributed by atoms with E-state index in [4.69, 9.17) is 11.6 Å². The number of aryl methyl sites for hydroxylation is 1. The maximum absolute atomic E-state index is 12.9. The molecular formula is C18H18ClN5O. The fourth-order valence-corrected chi connectivity index (χ4v) is 3.48. The number of hydrogen-bond acceptors (Lipinski definition) is 4. The Morgan fingerprint density at radius 1 is 1.16 bits per heavy atom. The van der Waals surface area contributed by atoms with Crippen LogP contribution in [0, 0.1) is 6.92 Å². The Bertz CT molecular complexity index is 930. The fraction of sp³-hybridized carbons (Fsp3) is 0.278. The summed E-state index contributed by atoms with van der Waals surface area (Å²) in [5.41, 5.74) is 3.49. The van der Waals surface area contributed by atoms with Crippen molar-refractivity contribution >= 4 is 28.8 Å². The molecule has 0 radical (unpaired) electrons. The quantitative estimate of drug-likeness (QED) is 0.709. The van der Waals surface area contributed by atoms with Crippen molar-refractivity contribution in [1.29, 1.82) is 0 Å². The number of carbonyl (C=O) groups is 1. The Labute approximate surface area is 150 Å². The van der Waals surface area contributed by atoms with Crippen LogP contribution in [0.2, 0.25) is 5.02 Å². The molecular weight excluding hydrogens is 338 g/mol. The molecule has 7 heteroatoms. The predicted octanol–water partition coefficient (Wildman–Crippen LogP) is 2.65. The Kier molecular flexibility index (Phi) is 4.05. The van der Waals surface area contributed by atoms with E-state index in [-0.39, 0.29) is 5.91 Å². The van der Waals surface area contributed by atoms with E-state index in [1.165, 1.54) is 5.69 Å². The summed E-state index contributed by atoms with van der Waals surface area (Å²) in [5.74, 6) is -0.0131. The van der Waals surface area contributed by atoms with E-state index in [2.05, 4.69) is 21.8 Å². The van der Waals surface area contributed by atoms with Crippen LogP contribution in [0.1, 0.15) is 16.1 Å². The maximum atomic E-state index is 12.9. The van der Waals surface area contributed by atoms with E-state index in [9.17, 15) is 4.79 Å². The van der Waals surface area contributed by atoms with Crippen LogP contribution >= 0.6 is 11.6 Å². The summed E-state index contributed by atoms with van der Waals surface area (Å²) in [5, 5.41) is 0.541. The Morgan fingerprint density at radius 2 is 1.96 bits per heavy atom. The second-order valence-corrected chi connectivity index (χ2v) is 6.54. The molecule has 0 saturated carbocycles. The highest BCUT2D eigenvalue weighted by Crippen LogP contribution is 2.21. The Hall–Kier alpha value is -2.60. The van der Waals surface area contributed by atoms with Crippen LogP contribution in [0.5, 0.6) is 0 Å². The van der Waals surface area contributed by atoms with Gasteiger partial charge in [0.25, 0.3) is 5.91 Å². The summed E-state index contributed by atoms with van der Waals surface area (Å²) in [6, 6.07) is 5.62. The molecule has 0 spiro atoms. The lowest BCUT2D eigenvalue weighted by Gasteiger charge is -2.36. The largest absolute Gasteiger partial charge is 0.368 e. The summed E-state index contributed by atoms with van der Waals surface area (Å²) in [7, 11) is 0. The lowest BCUT2D eigenvalue weighted by atomic mass is 10.2. The number of halogens is 1. The van der Waals surface area contributed by atoms with Gasteiger partial charge in [0.15, 0.2) is 5.65 Å². The van der Waals surface area contributed by atoms with E-state index in [1.54, 1.807) is 16.7 Å². The van der Waals surface area contributed by atoms with Gasteiger partial charge >= 0.3 is 0 Å². The molecule has 3 aromatic heterocycles. The average Bonchev–Trinajstić information content (AvgIpc) is 3.07. The lowest BCUT2D eigenvalue weighted by molar-refractivity contribution is 0.0740. The van der Waals surface area contributed by atoms with Crippen LogP contribution in [0.4, 0.5) is 5.69 Å². The van der Waals surface area contributed by atoms with Crippen LogP contribution in [-0.4, -0.2) is 51.4 Å². The zero-order valence-electron chi connectivity index (χ0n) is 13.9. The van der Waals surface area contributed by atoms with E-state index >= 15 is 0 Å². The highest BCUT2D eigenvalue weighted by Gasteiger charge is 2.25. The number of amides is 1. The summed E-state index contributed by atoms with van der Waals surface area (Å²) < 4.78 is 1.75.